The van der Waals surface area contributed by atoms with E-state index in [1.54, 1.807) is 42.2 Å². The number of aliphatic hydroxyl groups is 1. The van der Waals surface area contributed by atoms with Crippen molar-refractivity contribution < 1.29 is 14.6 Å². The molecule has 0 bridgehead atoms. The molecule has 9 nitrogen and oxygen atoms in total. The second-order valence-electron chi connectivity index (χ2n) is 9.02. The highest BCUT2D eigenvalue weighted by atomic mass is 16.5. The first kappa shape index (κ1) is 21.1. The smallest absolute Gasteiger partial charge is 0.321 e. The van der Waals surface area contributed by atoms with E-state index in [2.05, 4.69) is 10.4 Å². The zero-order chi connectivity index (χ0) is 23.2. The lowest BCUT2D eigenvalue weighted by atomic mass is 9.84. The van der Waals surface area contributed by atoms with Gasteiger partial charge in [-0.2, -0.15) is 14.9 Å². The van der Waals surface area contributed by atoms with Crippen molar-refractivity contribution in [2.45, 2.75) is 51.2 Å². The molecule has 2 N–H and O–H groups in total. The normalized spacial score (nSPS) is 20.8. The first-order valence-electron chi connectivity index (χ1n) is 11.1. The molecule has 0 saturated heterocycles. The Kier molecular flexibility index (Phi) is 5.13. The molecule has 1 fully saturated rings. The van der Waals surface area contributed by atoms with Crippen LogP contribution in [0.5, 0.6) is 0 Å². The number of pyridine rings is 1. The Morgan fingerprint density at radius 3 is 2.79 bits per heavy atom. The lowest BCUT2D eigenvalue weighted by Gasteiger charge is -2.33. The van der Waals surface area contributed by atoms with Crippen LogP contribution in [0.1, 0.15) is 54.8 Å². The molecule has 4 aromatic rings. The highest BCUT2D eigenvalue weighted by Gasteiger charge is 2.30. The summed E-state index contributed by atoms with van der Waals surface area (Å²) in [7, 11) is 0. The number of benzene rings is 1. The summed E-state index contributed by atoms with van der Waals surface area (Å²) in [5.41, 5.74) is 1.82. The molecule has 1 amide bonds. The van der Waals surface area contributed by atoms with E-state index >= 15 is 0 Å². The molecule has 0 spiro atoms. The average molecular weight is 447 g/mol. The van der Waals surface area contributed by atoms with E-state index in [0.29, 0.717) is 21.8 Å². The highest BCUT2D eigenvalue weighted by molar-refractivity contribution is 6.04. The average Bonchev–Trinajstić information content (AvgIpc) is 3.44. The van der Waals surface area contributed by atoms with E-state index in [0.717, 1.165) is 36.6 Å². The minimum atomic E-state index is -0.609. The molecule has 9 heteroatoms. The van der Waals surface area contributed by atoms with Crippen LogP contribution in [-0.2, 0) is 0 Å². The summed E-state index contributed by atoms with van der Waals surface area (Å²) in [6.07, 6.45) is 8.61. The number of aromatic nitrogens is 5. The Balaban J connectivity index is 1.52. The summed E-state index contributed by atoms with van der Waals surface area (Å²) in [4.78, 5) is 13.0. The van der Waals surface area contributed by atoms with Crippen LogP contribution in [-0.4, -0.2) is 36.2 Å². The standard InChI is InChI=1S/C24H26N6O3/c1-16-5-3-6-21(30(16)33)23(31)26-20-13-17-15-29(18-7-9-24(2,32)10-8-18)27-19(17)14-22(20)28-12-4-11-25-28/h3-6,11-15,18,32H,7-10H2,1-2H3,(H,26,31). The predicted molar refractivity (Wildman–Crippen MR) is 123 cm³/mol. The van der Waals surface area contributed by atoms with Gasteiger partial charge in [0.1, 0.15) is 0 Å². The van der Waals surface area contributed by atoms with Crippen LogP contribution in [0.4, 0.5) is 5.69 Å². The summed E-state index contributed by atoms with van der Waals surface area (Å²) in [5, 5.41) is 35.5. The molecule has 3 heterocycles. The molecule has 0 unspecified atom stereocenters. The van der Waals surface area contributed by atoms with Gasteiger partial charge in [0.15, 0.2) is 5.69 Å². The number of hydrogen-bond acceptors (Lipinski definition) is 5. The van der Waals surface area contributed by atoms with Crippen LogP contribution in [0.15, 0.2) is 55.0 Å². The van der Waals surface area contributed by atoms with Gasteiger partial charge in [-0.1, -0.05) is 0 Å². The van der Waals surface area contributed by atoms with Gasteiger partial charge in [0.05, 0.1) is 28.5 Å². The predicted octanol–water partition coefficient (Wildman–Crippen LogP) is 3.28. The number of nitrogens with one attached hydrogen (secondary N) is 1. The minimum Gasteiger partial charge on any atom is -0.618 e. The van der Waals surface area contributed by atoms with Gasteiger partial charge in [-0.25, -0.2) is 4.68 Å². The zero-order valence-electron chi connectivity index (χ0n) is 18.6. The SMILES string of the molecule is Cc1cccc(C(=O)Nc2cc3cn(C4CCC(C)(O)CC4)nc3cc2-n2cccn2)[n+]1[O-]. The second kappa shape index (κ2) is 8.00. The molecule has 33 heavy (non-hydrogen) atoms. The van der Waals surface area contributed by atoms with Gasteiger partial charge in [0.25, 0.3) is 5.69 Å². The van der Waals surface area contributed by atoms with Crippen molar-refractivity contribution in [2.24, 2.45) is 0 Å². The van der Waals surface area contributed by atoms with Crippen LogP contribution >= 0.6 is 0 Å². The molecule has 0 atom stereocenters. The lowest BCUT2D eigenvalue weighted by molar-refractivity contribution is -0.614. The summed E-state index contributed by atoms with van der Waals surface area (Å²) in [6, 6.07) is 10.6. The Hall–Kier alpha value is -3.72. The van der Waals surface area contributed by atoms with Crippen molar-refractivity contribution in [1.29, 1.82) is 0 Å². The fourth-order valence-corrected chi connectivity index (χ4v) is 4.41. The Bertz CT molecular complexity index is 1320. The second-order valence-corrected chi connectivity index (χ2v) is 9.02. The maximum atomic E-state index is 13.0. The van der Waals surface area contributed by atoms with Gasteiger partial charge in [-0.15, -0.1) is 0 Å². The van der Waals surface area contributed by atoms with Crippen LogP contribution in [0, 0.1) is 12.1 Å². The van der Waals surface area contributed by atoms with Crippen molar-refractivity contribution >= 4 is 22.5 Å². The largest absolute Gasteiger partial charge is 0.618 e. The third-order valence-corrected chi connectivity index (χ3v) is 6.41. The van der Waals surface area contributed by atoms with E-state index in [1.165, 1.54) is 6.07 Å². The third kappa shape index (κ3) is 4.07. The summed E-state index contributed by atoms with van der Waals surface area (Å²) in [5.74, 6) is -0.497. The van der Waals surface area contributed by atoms with E-state index in [9.17, 15) is 15.1 Å². The van der Waals surface area contributed by atoms with Crippen molar-refractivity contribution in [3.05, 3.63) is 71.6 Å². The third-order valence-electron chi connectivity index (χ3n) is 6.41. The molecule has 0 radical (unpaired) electrons. The van der Waals surface area contributed by atoms with Gasteiger partial charge in [0, 0.05) is 43.0 Å². The molecule has 0 aliphatic heterocycles. The molecule has 1 aromatic carbocycles. The number of carbonyl (C=O) groups excluding carboxylic acids is 1. The number of aryl methyl sites for hydroxylation is 1. The molecular weight excluding hydrogens is 420 g/mol. The molecule has 1 aliphatic rings. The number of carbonyl (C=O) groups is 1. The van der Waals surface area contributed by atoms with Gasteiger partial charge >= 0.3 is 5.91 Å². The van der Waals surface area contributed by atoms with E-state index < -0.39 is 11.5 Å². The highest BCUT2D eigenvalue weighted by Crippen LogP contribution is 2.35. The summed E-state index contributed by atoms with van der Waals surface area (Å²) >= 11 is 0. The van der Waals surface area contributed by atoms with Gasteiger partial charge in [-0.3, -0.25) is 9.48 Å². The molecule has 5 rings (SSSR count). The van der Waals surface area contributed by atoms with Crippen molar-refractivity contribution in [3.63, 3.8) is 0 Å². The number of rotatable bonds is 4. The maximum absolute atomic E-state index is 13.0. The number of nitrogens with zero attached hydrogens (tertiary/aromatic N) is 5. The summed E-state index contributed by atoms with van der Waals surface area (Å²) in [6.45, 7) is 3.54. The molecule has 1 saturated carbocycles. The Morgan fingerprint density at radius 2 is 2.06 bits per heavy atom. The first-order chi connectivity index (χ1) is 15.8. The molecule has 3 aromatic heterocycles. The van der Waals surface area contributed by atoms with Gasteiger partial charge < -0.3 is 15.6 Å². The molecule has 1 aliphatic carbocycles. The molecular formula is C24H26N6O3. The Morgan fingerprint density at radius 1 is 1.27 bits per heavy atom. The van der Waals surface area contributed by atoms with Gasteiger partial charge in [0.2, 0.25) is 0 Å². The van der Waals surface area contributed by atoms with Gasteiger partial charge in [-0.05, 0) is 56.9 Å². The minimum absolute atomic E-state index is 0.0199. The van der Waals surface area contributed by atoms with Crippen molar-refractivity contribution in [3.8, 4) is 5.69 Å². The van der Waals surface area contributed by atoms with Crippen LogP contribution in [0.3, 0.4) is 0 Å². The van der Waals surface area contributed by atoms with Crippen molar-refractivity contribution in [1.82, 2.24) is 19.6 Å². The number of fused-ring (bicyclic) bond motifs is 1. The van der Waals surface area contributed by atoms with Crippen LogP contribution < -0.4 is 10.0 Å². The fraction of sp³-hybridized carbons (Fsp3) is 0.333. The lowest BCUT2D eigenvalue weighted by Crippen LogP contribution is -2.39. The van der Waals surface area contributed by atoms with Crippen LogP contribution in [0.25, 0.3) is 16.6 Å². The topological polar surface area (TPSA) is 112 Å². The Labute approximate surface area is 190 Å². The van der Waals surface area contributed by atoms with E-state index in [1.807, 2.05) is 29.9 Å². The quantitative estimate of drug-likeness (QED) is 0.369. The fourth-order valence-electron chi connectivity index (χ4n) is 4.41. The van der Waals surface area contributed by atoms with Crippen molar-refractivity contribution in [2.75, 3.05) is 5.32 Å². The number of anilines is 1. The van der Waals surface area contributed by atoms with E-state index in [-0.39, 0.29) is 11.7 Å². The zero-order valence-corrected chi connectivity index (χ0v) is 18.6. The molecule has 170 valence electrons. The number of hydrogen-bond donors (Lipinski definition) is 2. The maximum Gasteiger partial charge on any atom is 0.321 e. The van der Waals surface area contributed by atoms with Crippen LogP contribution in [0.2, 0.25) is 0 Å². The summed E-state index contributed by atoms with van der Waals surface area (Å²) < 4.78 is 4.25. The number of amides is 1. The van der Waals surface area contributed by atoms with E-state index in [4.69, 9.17) is 5.10 Å². The monoisotopic (exact) mass is 446 g/mol. The first-order valence-corrected chi connectivity index (χ1v) is 11.1.